The van der Waals surface area contributed by atoms with E-state index in [4.69, 9.17) is 0 Å². The first-order valence-corrected chi connectivity index (χ1v) is 22.0. The topological polar surface area (TPSA) is 3.24 Å². The van der Waals surface area contributed by atoms with Gasteiger partial charge in [-0.2, -0.15) is 0 Å². The van der Waals surface area contributed by atoms with Crippen molar-refractivity contribution >= 4 is 112 Å². The molecule has 12 rings (SSSR count). The van der Waals surface area contributed by atoms with Gasteiger partial charge in [0.05, 0.1) is 16.1 Å². The van der Waals surface area contributed by atoms with Crippen LogP contribution in [0.25, 0.3) is 93.9 Å². The van der Waals surface area contributed by atoms with Gasteiger partial charge in [0.25, 0.3) is 0 Å². The maximum Gasteiger partial charge on any atom is 0.0640 e. The fourth-order valence-electron chi connectivity index (χ4n) is 8.83. The predicted octanol–water partition coefficient (Wildman–Crippen LogP) is 17.3. The van der Waals surface area contributed by atoms with Crippen molar-refractivity contribution in [2.45, 2.75) is 0 Å². The minimum atomic E-state index is 1.15. The van der Waals surface area contributed by atoms with Gasteiger partial charge in [-0.25, -0.2) is 0 Å². The molecular weight excluding hydrogens is 759 g/mol. The molecule has 12 aromatic rings. The van der Waals surface area contributed by atoms with Gasteiger partial charge in [0.15, 0.2) is 0 Å². The molecule has 0 fully saturated rings. The van der Waals surface area contributed by atoms with Crippen molar-refractivity contribution in [1.29, 1.82) is 0 Å². The molecule has 0 unspecified atom stereocenters. The standard InChI is InChI=1S/C54H33NS3/c1-4-15-34(16-5-1)37-31-43(36-19-8-3-9-20-36)51-44-33-38(27-30-49(44)56-50(51)32-37)55(46-24-14-23-41-40-21-10-12-25-47(40)57-53(41)46)45-29-28-39(35-17-6-2-7-18-35)54-52(45)42-22-11-13-26-48(42)58-54/h1-33H. The Hall–Kier alpha value is -6.56. The van der Waals surface area contributed by atoms with E-state index in [0.29, 0.717) is 0 Å². The number of hydrogen-bond acceptors (Lipinski definition) is 4. The van der Waals surface area contributed by atoms with Crippen molar-refractivity contribution in [3.8, 4) is 33.4 Å². The van der Waals surface area contributed by atoms with Crippen molar-refractivity contribution < 1.29 is 0 Å². The zero-order valence-corrected chi connectivity index (χ0v) is 33.7. The van der Waals surface area contributed by atoms with Crippen LogP contribution in [0.15, 0.2) is 200 Å². The first-order chi connectivity index (χ1) is 28.8. The lowest BCUT2D eigenvalue weighted by Gasteiger charge is -2.28. The number of rotatable bonds is 6. The highest BCUT2D eigenvalue weighted by atomic mass is 32.1. The number of hydrogen-bond donors (Lipinski definition) is 0. The summed E-state index contributed by atoms with van der Waals surface area (Å²) in [6.45, 7) is 0. The van der Waals surface area contributed by atoms with Crippen LogP contribution >= 0.6 is 34.0 Å². The van der Waals surface area contributed by atoms with Crippen LogP contribution in [0.4, 0.5) is 17.1 Å². The smallest absolute Gasteiger partial charge is 0.0640 e. The van der Waals surface area contributed by atoms with E-state index in [1.807, 2.05) is 34.0 Å². The molecule has 4 heteroatoms. The number of benzene rings is 9. The molecule has 0 atom stereocenters. The van der Waals surface area contributed by atoms with Crippen molar-refractivity contribution in [2.75, 3.05) is 4.90 Å². The van der Waals surface area contributed by atoms with E-state index in [1.165, 1.54) is 105 Å². The third-order valence-electron chi connectivity index (χ3n) is 11.5. The Morgan fingerprint density at radius 2 is 0.897 bits per heavy atom. The summed E-state index contributed by atoms with van der Waals surface area (Å²) in [6, 6.07) is 73.8. The summed E-state index contributed by atoms with van der Waals surface area (Å²) in [4.78, 5) is 2.55. The van der Waals surface area contributed by atoms with Crippen molar-refractivity contribution in [2.24, 2.45) is 0 Å². The minimum Gasteiger partial charge on any atom is -0.308 e. The Balaban J connectivity index is 1.18. The predicted molar refractivity (Wildman–Crippen MR) is 256 cm³/mol. The third-order valence-corrected chi connectivity index (χ3v) is 15.0. The molecule has 0 amide bonds. The Labute approximate surface area is 347 Å². The Morgan fingerprint density at radius 3 is 1.66 bits per heavy atom. The SMILES string of the molecule is c1ccc(-c2cc(-c3ccccc3)c3c(c2)sc2ccc(N(c4cccc5c4sc4ccccc45)c4ccc(-c5ccccc5)c5sc6ccccc6c45)cc23)cc1. The van der Waals surface area contributed by atoms with Gasteiger partial charge in [-0.15, -0.1) is 34.0 Å². The maximum absolute atomic E-state index is 2.55. The minimum absolute atomic E-state index is 1.15. The van der Waals surface area contributed by atoms with Crippen molar-refractivity contribution in [3.05, 3.63) is 200 Å². The van der Waals surface area contributed by atoms with Crippen LogP contribution in [0.3, 0.4) is 0 Å². The van der Waals surface area contributed by atoms with Crippen molar-refractivity contribution in [3.63, 3.8) is 0 Å². The average molecular weight is 792 g/mol. The number of thiophene rings is 3. The first kappa shape index (κ1) is 33.6. The molecule has 0 bridgehead atoms. The van der Waals surface area contributed by atoms with Crippen LogP contribution in [0.2, 0.25) is 0 Å². The molecular formula is C54H33NS3. The van der Waals surface area contributed by atoms with Crippen LogP contribution < -0.4 is 4.90 Å². The van der Waals surface area contributed by atoms with Gasteiger partial charge >= 0.3 is 0 Å². The Morgan fingerprint density at radius 1 is 0.293 bits per heavy atom. The highest BCUT2D eigenvalue weighted by molar-refractivity contribution is 7.27. The van der Waals surface area contributed by atoms with Crippen LogP contribution in [0.5, 0.6) is 0 Å². The van der Waals surface area contributed by atoms with E-state index in [9.17, 15) is 0 Å². The van der Waals surface area contributed by atoms with Gasteiger partial charge in [0.1, 0.15) is 0 Å². The largest absolute Gasteiger partial charge is 0.308 e. The Kier molecular flexibility index (Phi) is 7.83. The van der Waals surface area contributed by atoms with E-state index >= 15 is 0 Å². The fourth-order valence-corrected chi connectivity index (χ4v) is 12.5. The van der Waals surface area contributed by atoms with Crippen molar-refractivity contribution in [1.82, 2.24) is 0 Å². The summed E-state index contributed by atoms with van der Waals surface area (Å²) in [5.74, 6) is 0. The first-order valence-electron chi connectivity index (χ1n) is 19.6. The quantitative estimate of drug-likeness (QED) is 0.162. The van der Waals surface area contributed by atoms with Gasteiger partial charge < -0.3 is 4.90 Å². The molecule has 0 aliphatic rings. The molecule has 0 aliphatic carbocycles. The van der Waals surface area contributed by atoms with Crippen LogP contribution in [0, 0.1) is 0 Å². The van der Waals surface area contributed by atoms with Gasteiger partial charge in [0, 0.05) is 61.5 Å². The molecule has 0 saturated heterocycles. The molecule has 0 radical (unpaired) electrons. The van der Waals surface area contributed by atoms with E-state index in [-0.39, 0.29) is 0 Å². The summed E-state index contributed by atoms with van der Waals surface area (Å²) < 4.78 is 7.77. The zero-order chi connectivity index (χ0) is 38.2. The number of fused-ring (bicyclic) bond motifs is 9. The van der Waals surface area contributed by atoms with Gasteiger partial charge in [-0.05, 0) is 88.0 Å². The second-order valence-corrected chi connectivity index (χ2v) is 18.0. The summed E-state index contributed by atoms with van der Waals surface area (Å²) in [6.07, 6.45) is 0. The van der Waals surface area contributed by atoms with E-state index in [2.05, 4.69) is 205 Å². The Bertz CT molecular complexity index is 3500. The highest BCUT2D eigenvalue weighted by Crippen LogP contribution is 2.52. The molecule has 9 aromatic carbocycles. The van der Waals surface area contributed by atoms with Gasteiger partial charge in [0.2, 0.25) is 0 Å². The molecule has 0 spiro atoms. The summed E-state index contributed by atoms with van der Waals surface area (Å²) in [5.41, 5.74) is 11.0. The molecule has 1 nitrogen and oxygen atoms in total. The fraction of sp³-hybridized carbons (Fsp3) is 0. The lowest BCUT2D eigenvalue weighted by molar-refractivity contribution is 1.33. The van der Waals surface area contributed by atoms with E-state index < -0.39 is 0 Å². The van der Waals surface area contributed by atoms with E-state index in [0.717, 1.165) is 5.69 Å². The molecule has 3 heterocycles. The lowest BCUT2D eigenvalue weighted by Crippen LogP contribution is -2.10. The summed E-state index contributed by atoms with van der Waals surface area (Å²) in [7, 11) is 0. The number of anilines is 3. The number of nitrogens with zero attached hydrogens (tertiary/aromatic N) is 1. The normalized spacial score (nSPS) is 11.8. The average Bonchev–Trinajstić information content (AvgIpc) is 3.99. The zero-order valence-electron chi connectivity index (χ0n) is 31.2. The lowest BCUT2D eigenvalue weighted by atomic mass is 9.94. The molecule has 0 N–H and O–H groups in total. The second-order valence-electron chi connectivity index (χ2n) is 14.8. The molecule has 0 aliphatic heterocycles. The summed E-state index contributed by atoms with van der Waals surface area (Å²) >= 11 is 5.67. The van der Waals surface area contributed by atoms with Crippen LogP contribution in [-0.4, -0.2) is 0 Å². The molecule has 0 saturated carbocycles. The van der Waals surface area contributed by atoms with E-state index in [1.54, 1.807) is 0 Å². The molecule has 58 heavy (non-hydrogen) atoms. The van der Waals surface area contributed by atoms with Crippen LogP contribution in [-0.2, 0) is 0 Å². The third kappa shape index (κ3) is 5.34. The van der Waals surface area contributed by atoms with Gasteiger partial charge in [-0.1, -0.05) is 146 Å². The molecule has 3 aromatic heterocycles. The van der Waals surface area contributed by atoms with Crippen LogP contribution in [0.1, 0.15) is 0 Å². The second kappa shape index (κ2) is 13.5. The maximum atomic E-state index is 2.55. The molecule has 272 valence electrons. The summed E-state index contributed by atoms with van der Waals surface area (Å²) in [5, 5.41) is 7.74. The highest BCUT2D eigenvalue weighted by Gasteiger charge is 2.24. The monoisotopic (exact) mass is 791 g/mol. The van der Waals surface area contributed by atoms with Gasteiger partial charge in [-0.3, -0.25) is 0 Å².